The van der Waals surface area contributed by atoms with Gasteiger partial charge in [-0.3, -0.25) is 0 Å². The van der Waals surface area contributed by atoms with Gasteiger partial charge in [0.05, 0.1) is 12.1 Å². The van der Waals surface area contributed by atoms with Crippen molar-refractivity contribution in [2.75, 3.05) is 0 Å². The Labute approximate surface area is 103 Å². The third kappa shape index (κ3) is 3.65. The Bertz CT molecular complexity index is 433. The highest BCUT2D eigenvalue weighted by Crippen LogP contribution is 2.29. The number of guanidine groups is 1. The number of nitrogens with two attached hydrogens (primary N) is 1. The van der Waals surface area contributed by atoms with Gasteiger partial charge in [-0.1, -0.05) is 12.1 Å². The molecule has 3 N–H and O–H groups in total. The van der Waals surface area contributed by atoms with Crippen LogP contribution in [0.5, 0.6) is 0 Å². The minimum Gasteiger partial charge on any atom is -0.370 e. The molecule has 0 aliphatic heterocycles. The van der Waals surface area contributed by atoms with Gasteiger partial charge in [0.15, 0.2) is 5.96 Å². The van der Waals surface area contributed by atoms with Crippen molar-refractivity contribution >= 4 is 5.96 Å². The maximum Gasteiger partial charge on any atom is 0.416 e. The first-order valence-corrected chi connectivity index (χ1v) is 5.68. The molecule has 1 aromatic carbocycles. The third-order valence-corrected chi connectivity index (χ3v) is 2.64. The molecule has 1 aromatic rings. The van der Waals surface area contributed by atoms with Crippen LogP contribution in [0, 0.1) is 0 Å². The molecule has 18 heavy (non-hydrogen) atoms. The molecule has 0 amide bonds. The largest absolute Gasteiger partial charge is 0.416 e. The Balaban J connectivity index is 1.93. The van der Waals surface area contributed by atoms with E-state index in [0.29, 0.717) is 17.6 Å². The molecule has 0 radical (unpaired) electrons. The first-order valence-electron chi connectivity index (χ1n) is 5.68. The van der Waals surface area contributed by atoms with E-state index < -0.39 is 11.7 Å². The second-order valence-corrected chi connectivity index (χ2v) is 4.31. The number of hydrogen-bond acceptors (Lipinski definition) is 1. The SMILES string of the molecule is NC(=NCc1ccc(C(F)(F)F)cc1)NC1CC1. The Morgan fingerprint density at radius 3 is 2.39 bits per heavy atom. The summed E-state index contributed by atoms with van der Waals surface area (Å²) >= 11 is 0. The van der Waals surface area contributed by atoms with E-state index in [2.05, 4.69) is 10.3 Å². The topological polar surface area (TPSA) is 50.4 Å². The van der Waals surface area contributed by atoms with E-state index in [1.807, 2.05) is 0 Å². The molecule has 0 atom stereocenters. The normalized spacial score (nSPS) is 16.7. The Hall–Kier alpha value is -1.72. The molecule has 98 valence electrons. The summed E-state index contributed by atoms with van der Waals surface area (Å²) in [4.78, 5) is 4.07. The number of benzene rings is 1. The van der Waals surface area contributed by atoms with Crippen LogP contribution in [0.3, 0.4) is 0 Å². The Kier molecular flexibility index (Phi) is 3.45. The molecule has 0 bridgehead atoms. The Morgan fingerprint density at radius 2 is 1.89 bits per heavy atom. The summed E-state index contributed by atoms with van der Waals surface area (Å²) in [6.07, 6.45) is -2.11. The van der Waals surface area contributed by atoms with Gasteiger partial charge in [-0.15, -0.1) is 0 Å². The van der Waals surface area contributed by atoms with Gasteiger partial charge in [-0.05, 0) is 30.5 Å². The van der Waals surface area contributed by atoms with Gasteiger partial charge in [0, 0.05) is 6.04 Å². The van der Waals surface area contributed by atoms with E-state index >= 15 is 0 Å². The summed E-state index contributed by atoms with van der Waals surface area (Å²) in [7, 11) is 0. The average molecular weight is 257 g/mol. The van der Waals surface area contributed by atoms with Crippen LogP contribution in [-0.4, -0.2) is 12.0 Å². The summed E-state index contributed by atoms with van der Waals surface area (Å²) in [6.45, 7) is 0.281. The third-order valence-electron chi connectivity index (χ3n) is 2.64. The molecule has 6 heteroatoms. The lowest BCUT2D eigenvalue weighted by molar-refractivity contribution is -0.137. The second kappa shape index (κ2) is 4.88. The van der Waals surface area contributed by atoms with Crippen molar-refractivity contribution in [3.63, 3.8) is 0 Å². The lowest BCUT2D eigenvalue weighted by Crippen LogP contribution is -2.33. The van der Waals surface area contributed by atoms with Crippen molar-refractivity contribution in [3.8, 4) is 0 Å². The summed E-state index contributed by atoms with van der Waals surface area (Å²) in [5.74, 6) is 0.345. The van der Waals surface area contributed by atoms with Crippen LogP contribution in [0.2, 0.25) is 0 Å². The predicted octanol–water partition coefficient (Wildman–Crippen LogP) is 2.27. The van der Waals surface area contributed by atoms with Crippen LogP contribution >= 0.6 is 0 Å². The van der Waals surface area contributed by atoms with Gasteiger partial charge >= 0.3 is 6.18 Å². The number of nitrogens with one attached hydrogen (secondary N) is 1. The van der Waals surface area contributed by atoms with E-state index in [4.69, 9.17) is 5.73 Å². The molecule has 0 saturated heterocycles. The summed E-state index contributed by atoms with van der Waals surface area (Å²) in [6, 6.07) is 5.35. The predicted molar refractivity (Wildman–Crippen MR) is 62.9 cm³/mol. The number of alkyl halides is 3. The quantitative estimate of drug-likeness (QED) is 0.644. The molecule has 0 heterocycles. The average Bonchev–Trinajstić information content (AvgIpc) is 3.10. The smallest absolute Gasteiger partial charge is 0.370 e. The van der Waals surface area contributed by atoms with Crippen LogP contribution in [0.25, 0.3) is 0 Å². The molecule has 0 spiro atoms. The van der Waals surface area contributed by atoms with Crippen molar-refractivity contribution in [1.82, 2.24) is 5.32 Å². The highest BCUT2D eigenvalue weighted by atomic mass is 19.4. The zero-order chi connectivity index (χ0) is 13.2. The molecule has 0 aromatic heterocycles. The van der Waals surface area contributed by atoms with Gasteiger partial charge in [0.2, 0.25) is 0 Å². The molecular weight excluding hydrogens is 243 g/mol. The zero-order valence-corrected chi connectivity index (χ0v) is 9.67. The van der Waals surface area contributed by atoms with Crippen LogP contribution in [0.1, 0.15) is 24.0 Å². The molecule has 1 fully saturated rings. The summed E-state index contributed by atoms with van der Waals surface area (Å²) < 4.78 is 37.0. The van der Waals surface area contributed by atoms with E-state index in [-0.39, 0.29) is 6.54 Å². The standard InChI is InChI=1S/C12H14F3N3/c13-12(14,15)9-3-1-8(2-4-9)7-17-11(16)18-10-5-6-10/h1-4,10H,5-7H2,(H3,16,17,18). The summed E-state index contributed by atoms with van der Waals surface area (Å²) in [5.41, 5.74) is 5.66. The fourth-order valence-electron chi connectivity index (χ4n) is 1.46. The summed E-state index contributed by atoms with van der Waals surface area (Å²) in [5, 5.41) is 3.01. The maximum atomic E-state index is 12.3. The van der Waals surface area contributed by atoms with Crippen molar-refractivity contribution < 1.29 is 13.2 Å². The van der Waals surface area contributed by atoms with Crippen molar-refractivity contribution in [3.05, 3.63) is 35.4 Å². The number of halogens is 3. The van der Waals surface area contributed by atoms with E-state index in [1.54, 1.807) is 0 Å². The van der Waals surface area contributed by atoms with Gasteiger partial charge in [0.1, 0.15) is 0 Å². The molecule has 0 unspecified atom stereocenters. The van der Waals surface area contributed by atoms with Crippen LogP contribution in [0.4, 0.5) is 13.2 Å². The van der Waals surface area contributed by atoms with E-state index in [9.17, 15) is 13.2 Å². The van der Waals surface area contributed by atoms with Gasteiger partial charge < -0.3 is 11.1 Å². The van der Waals surface area contributed by atoms with Crippen LogP contribution < -0.4 is 11.1 Å². The second-order valence-electron chi connectivity index (χ2n) is 4.31. The van der Waals surface area contributed by atoms with Crippen LogP contribution in [-0.2, 0) is 12.7 Å². The van der Waals surface area contributed by atoms with Gasteiger partial charge in [-0.2, -0.15) is 13.2 Å². The number of nitrogens with zero attached hydrogens (tertiary/aromatic N) is 1. The van der Waals surface area contributed by atoms with Crippen molar-refractivity contribution in [2.45, 2.75) is 31.6 Å². The van der Waals surface area contributed by atoms with Gasteiger partial charge in [0.25, 0.3) is 0 Å². The Morgan fingerprint density at radius 1 is 1.28 bits per heavy atom. The van der Waals surface area contributed by atoms with E-state index in [1.165, 1.54) is 12.1 Å². The molecule has 1 saturated carbocycles. The molecule has 1 aliphatic rings. The molecule has 3 nitrogen and oxygen atoms in total. The zero-order valence-electron chi connectivity index (χ0n) is 9.67. The van der Waals surface area contributed by atoms with Crippen LogP contribution in [0.15, 0.2) is 29.3 Å². The maximum absolute atomic E-state index is 12.3. The molecule has 1 aliphatic carbocycles. The highest BCUT2D eigenvalue weighted by molar-refractivity contribution is 5.78. The first kappa shape index (κ1) is 12.7. The van der Waals surface area contributed by atoms with Gasteiger partial charge in [-0.25, -0.2) is 4.99 Å². The van der Waals surface area contributed by atoms with Crippen molar-refractivity contribution in [2.24, 2.45) is 10.7 Å². The molecule has 2 rings (SSSR count). The fraction of sp³-hybridized carbons (Fsp3) is 0.417. The van der Waals surface area contributed by atoms with E-state index in [0.717, 1.165) is 25.0 Å². The first-order chi connectivity index (χ1) is 8.45. The minimum absolute atomic E-state index is 0.281. The molecular formula is C12H14F3N3. The number of aliphatic imine (C=N–C) groups is 1. The highest BCUT2D eigenvalue weighted by Gasteiger charge is 2.29. The number of rotatable bonds is 3. The lowest BCUT2D eigenvalue weighted by Gasteiger charge is -2.07. The lowest BCUT2D eigenvalue weighted by atomic mass is 10.1. The van der Waals surface area contributed by atoms with Crippen molar-refractivity contribution in [1.29, 1.82) is 0 Å². The minimum atomic E-state index is -4.30. The number of hydrogen-bond donors (Lipinski definition) is 2. The monoisotopic (exact) mass is 257 g/mol. The fourth-order valence-corrected chi connectivity index (χ4v) is 1.46.